The molecular weight excluding hydrogens is 184 g/mol. The molecule has 1 aromatic heterocycles. The molecule has 1 heterocycles. The number of aryl methyl sites for hydroxylation is 1. The highest BCUT2D eigenvalue weighted by Crippen LogP contribution is 2.09. The van der Waals surface area contributed by atoms with E-state index < -0.39 is 0 Å². The van der Waals surface area contributed by atoms with Crippen molar-refractivity contribution in [1.29, 1.82) is 0 Å². The lowest BCUT2D eigenvalue weighted by Gasteiger charge is -2.05. The molecule has 1 amide bonds. The maximum absolute atomic E-state index is 11.0. The van der Waals surface area contributed by atoms with Crippen molar-refractivity contribution in [3.8, 4) is 0 Å². The van der Waals surface area contributed by atoms with E-state index in [9.17, 15) is 4.79 Å². The number of hydrogen-bond acceptors (Lipinski definition) is 4. The molecule has 6 heteroatoms. The number of anilines is 1. The monoisotopic (exact) mass is 198 g/mol. The Labute approximate surface area is 81.7 Å². The molecule has 0 saturated carbocycles. The van der Waals surface area contributed by atoms with Crippen molar-refractivity contribution >= 4 is 11.7 Å². The molecule has 0 aliphatic carbocycles. The Kier molecular flexibility index (Phi) is 3.61. The number of rotatable bonds is 4. The fourth-order valence-electron chi connectivity index (χ4n) is 1.11. The fourth-order valence-corrected chi connectivity index (χ4v) is 1.11. The summed E-state index contributed by atoms with van der Waals surface area (Å²) in [5.41, 5.74) is 5.94. The lowest BCUT2D eigenvalue weighted by molar-refractivity contribution is -0.115. The molecule has 0 unspecified atom stereocenters. The van der Waals surface area contributed by atoms with E-state index in [1.807, 2.05) is 6.92 Å². The molecule has 0 atom stereocenters. The van der Waals surface area contributed by atoms with Crippen LogP contribution >= 0.6 is 0 Å². The van der Waals surface area contributed by atoms with E-state index in [0.717, 1.165) is 5.69 Å². The molecule has 0 bridgehead atoms. The summed E-state index contributed by atoms with van der Waals surface area (Å²) in [6, 6.07) is 1.73. The average molecular weight is 198 g/mol. The van der Waals surface area contributed by atoms with Crippen molar-refractivity contribution in [2.45, 2.75) is 13.5 Å². The summed E-state index contributed by atoms with van der Waals surface area (Å²) in [6.45, 7) is 2.08. The highest BCUT2D eigenvalue weighted by molar-refractivity contribution is 5.91. The normalized spacial score (nSPS) is 10.2. The van der Waals surface area contributed by atoms with E-state index in [2.05, 4.69) is 10.4 Å². The summed E-state index contributed by atoms with van der Waals surface area (Å²) in [4.78, 5) is 11.0. The second kappa shape index (κ2) is 4.73. The second-order valence-electron chi connectivity index (χ2n) is 2.87. The Morgan fingerprint density at radius 3 is 3.07 bits per heavy atom. The predicted octanol–water partition coefficient (Wildman–Crippen LogP) is -0.919. The van der Waals surface area contributed by atoms with Crippen LogP contribution in [0.15, 0.2) is 6.07 Å². The van der Waals surface area contributed by atoms with E-state index in [1.54, 1.807) is 6.07 Å². The Hall–Kier alpha value is -1.40. The third-order valence-electron chi connectivity index (χ3n) is 1.67. The fraction of sp³-hybridized carbons (Fsp3) is 0.500. The quantitative estimate of drug-likeness (QED) is 0.583. The van der Waals surface area contributed by atoms with Crippen LogP contribution in [0.4, 0.5) is 5.82 Å². The smallest absolute Gasteiger partial charge is 0.239 e. The SMILES string of the molecule is Cc1cc(NC(=O)CN)n(CCO)n1. The Balaban J connectivity index is 2.78. The molecule has 0 spiro atoms. The van der Waals surface area contributed by atoms with Crippen molar-refractivity contribution in [2.24, 2.45) is 5.73 Å². The van der Waals surface area contributed by atoms with E-state index in [-0.39, 0.29) is 19.1 Å². The van der Waals surface area contributed by atoms with Gasteiger partial charge in [0.25, 0.3) is 0 Å². The Morgan fingerprint density at radius 2 is 2.50 bits per heavy atom. The van der Waals surface area contributed by atoms with Gasteiger partial charge in [0.05, 0.1) is 25.4 Å². The minimum atomic E-state index is -0.274. The number of aromatic nitrogens is 2. The average Bonchev–Trinajstić information content (AvgIpc) is 2.47. The van der Waals surface area contributed by atoms with Gasteiger partial charge in [0, 0.05) is 6.07 Å². The summed E-state index contributed by atoms with van der Waals surface area (Å²) in [6.07, 6.45) is 0. The van der Waals surface area contributed by atoms with Gasteiger partial charge in [-0.25, -0.2) is 4.68 Å². The maximum Gasteiger partial charge on any atom is 0.239 e. The van der Waals surface area contributed by atoms with Crippen LogP contribution in [0.3, 0.4) is 0 Å². The van der Waals surface area contributed by atoms with Crippen LogP contribution in [0.5, 0.6) is 0 Å². The molecule has 1 rings (SSSR count). The van der Waals surface area contributed by atoms with Gasteiger partial charge in [0.2, 0.25) is 5.91 Å². The third-order valence-corrected chi connectivity index (χ3v) is 1.67. The number of aliphatic hydroxyl groups is 1. The molecule has 0 fully saturated rings. The van der Waals surface area contributed by atoms with Crippen molar-refractivity contribution < 1.29 is 9.90 Å². The van der Waals surface area contributed by atoms with Crippen molar-refractivity contribution in [3.63, 3.8) is 0 Å². The number of aliphatic hydroxyl groups excluding tert-OH is 1. The van der Waals surface area contributed by atoms with E-state index in [1.165, 1.54) is 4.68 Å². The first-order chi connectivity index (χ1) is 6.67. The number of carbonyl (C=O) groups is 1. The van der Waals surface area contributed by atoms with Gasteiger partial charge >= 0.3 is 0 Å². The van der Waals surface area contributed by atoms with Gasteiger partial charge in [-0.15, -0.1) is 0 Å². The number of nitrogens with two attached hydrogens (primary N) is 1. The van der Waals surface area contributed by atoms with E-state index in [4.69, 9.17) is 10.8 Å². The van der Waals surface area contributed by atoms with Gasteiger partial charge in [-0.2, -0.15) is 5.10 Å². The summed E-state index contributed by atoms with van der Waals surface area (Å²) < 4.78 is 1.53. The van der Waals surface area contributed by atoms with Crippen LogP contribution in [0.2, 0.25) is 0 Å². The molecule has 0 radical (unpaired) electrons. The van der Waals surface area contributed by atoms with Crippen molar-refractivity contribution in [2.75, 3.05) is 18.5 Å². The van der Waals surface area contributed by atoms with Gasteiger partial charge in [0.15, 0.2) is 0 Å². The van der Waals surface area contributed by atoms with Gasteiger partial charge in [-0.05, 0) is 6.92 Å². The summed E-state index contributed by atoms with van der Waals surface area (Å²) >= 11 is 0. The Morgan fingerprint density at radius 1 is 1.79 bits per heavy atom. The molecule has 6 nitrogen and oxygen atoms in total. The van der Waals surface area contributed by atoms with Crippen LogP contribution in [0, 0.1) is 6.92 Å². The number of carbonyl (C=O) groups excluding carboxylic acids is 1. The number of amides is 1. The van der Waals surface area contributed by atoms with Crippen molar-refractivity contribution in [1.82, 2.24) is 9.78 Å². The summed E-state index contributed by atoms with van der Waals surface area (Å²) in [5.74, 6) is 0.288. The molecule has 0 aliphatic heterocycles. The minimum absolute atomic E-state index is 0.0212. The summed E-state index contributed by atoms with van der Waals surface area (Å²) in [7, 11) is 0. The minimum Gasteiger partial charge on any atom is -0.394 e. The first-order valence-electron chi connectivity index (χ1n) is 4.32. The molecule has 1 aromatic rings. The third kappa shape index (κ3) is 2.54. The highest BCUT2D eigenvalue weighted by Gasteiger charge is 2.07. The first-order valence-corrected chi connectivity index (χ1v) is 4.32. The standard InChI is InChI=1S/C8H14N4O2/c1-6-4-7(10-8(14)5-9)12(11-6)2-3-13/h4,13H,2-3,5,9H2,1H3,(H,10,14). The highest BCUT2D eigenvalue weighted by atomic mass is 16.3. The number of nitrogens with zero attached hydrogens (tertiary/aromatic N) is 2. The number of hydrogen-bond donors (Lipinski definition) is 3. The molecule has 78 valence electrons. The van der Waals surface area contributed by atoms with Crippen LogP contribution < -0.4 is 11.1 Å². The molecular formula is C8H14N4O2. The lowest BCUT2D eigenvalue weighted by Crippen LogP contribution is -2.23. The van der Waals surface area contributed by atoms with Crippen LogP contribution in [0.1, 0.15) is 5.69 Å². The van der Waals surface area contributed by atoms with Gasteiger partial charge in [0.1, 0.15) is 5.82 Å². The predicted molar refractivity (Wildman–Crippen MR) is 51.7 cm³/mol. The molecule has 0 aromatic carbocycles. The largest absolute Gasteiger partial charge is 0.394 e. The molecule has 0 aliphatic rings. The first kappa shape index (κ1) is 10.7. The molecule has 4 N–H and O–H groups in total. The Bertz CT molecular complexity index is 321. The van der Waals surface area contributed by atoms with Crippen molar-refractivity contribution in [3.05, 3.63) is 11.8 Å². The zero-order chi connectivity index (χ0) is 10.6. The zero-order valence-electron chi connectivity index (χ0n) is 8.03. The van der Waals surface area contributed by atoms with Gasteiger partial charge in [-0.1, -0.05) is 0 Å². The summed E-state index contributed by atoms with van der Waals surface area (Å²) in [5, 5.41) is 15.4. The second-order valence-corrected chi connectivity index (χ2v) is 2.87. The van der Waals surface area contributed by atoms with Gasteiger partial charge in [-0.3, -0.25) is 4.79 Å². The zero-order valence-corrected chi connectivity index (χ0v) is 8.03. The topological polar surface area (TPSA) is 93.2 Å². The van der Waals surface area contributed by atoms with Crippen LogP contribution in [0.25, 0.3) is 0 Å². The molecule has 0 saturated heterocycles. The molecule has 14 heavy (non-hydrogen) atoms. The van der Waals surface area contributed by atoms with E-state index >= 15 is 0 Å². The lowest BCUT2D eigenvalue weighted by atomic mass is 10.4. The van der Waals surface area contributed by atoms with E-state index in [0.29, 0.717) is 12.4 Å². The van der Waals surface area contributed by atoms with Gasteiger partial charge < -0.3 is 16.2 Å². The van der Waals surface area contributed by atoms with Crippen LogP contribution in [-0.4, -0.2) is 33.9 Å². The maximum atomic E-state index is 11.0. The van der Waals surface area contributed by atoms with Crippen LogP contribution in [-0.2, 0) is 11.3 Å². The number of nitrogens with one attached hydrogen (secondary N) is 1.